The Morgan fingerprint density at radius 3 is 2.54 bits per heavy atom. The number of hydrogen-bond acceptors (Lipinski definition) is 4. The molecule has 1 aliphatic heterocycles. The molecule has 0 unspecified atom stereocenters. The smallest absolute Gasteiger partial charge is 0.210 e. The highest BCUT2D eigenvalue weighted by molar-refractivity contribution is 6.52. The van der Waals surface area contributed by atoms with Crippen LogP contribution >= 0.6 is 23.2 Å². The molecule has 0 spiro atoms. The molecule has 0 fully saturated rings. The number of aliphatic imine (C=N–C) groups is 1. The van der Waals surface area contributed by atoms with Crippen LogP contribution in [0, 0.1) is 12.3 Å². The summed E-state index contributed by atoms with van der Waals surface area (Å²) in [4.78, 5) is 17.1. The van der Waals surface area contributed by atoms with Crippen molar-refractivity contribution in [2.24, 2.45) is 10.7 Å². The minimum absolute atomic E-state index is 0.0862. The van der Waals surface area contributed by atoms with E-state index in [4.69, 9.17) is 34.3 Å². The molecule has 0 aromatic heterocycles. The maximum absolute atomic E-state index is 11.1. The van der Waals surface area contributed by atoms with Crippen molar-refractivity contribution in [1.82, 2.24) is 4.90 Å². The van der Waals surface area contributed by atoms with Gasteiger partial charge in [-0.3, -0.25) is 15.2 Å². The first kappa shape index (κ1) is 23.9. The summed E-state index contributed by atoms with van der Waals surface area (Å²) in [5, 5.41) is 9.31. The Morgan fingerprint density at radius 2 is 2.07 bits per heavy atom. The van der Waals surface area contributed by atoms with Crippen molar-refractivity contribution in [2.75, 3.05) is 13.1 Å². The predicted octanol–water partition coefficient (Wildman–Crippen LogP) is 4.81. The predicted molar refractivity (Wildman–Crippen MR) is 120 cm³/mol. The van der Waals surface area contributed by atoms with E-state index in [0.29, 0.717) is 52.2 Å². The van der Waals surface area contributed by atoms with Gasteiger partial charge in [0.2, 0.25) is 6.41 Å². The Labute approximate surface area is 177 Å². The van der Waals surface area contributed by atoms with Gasteiger partial charge in [-0.25, -0.2) is 0 Å². The van der Waals surface area contributed by atoms with Crippen molar-refractivity contribution in [2.45, 2.75) is 40.2 Å². The number of hydrogen-bond donors (Lipinski definition) is 2. The number of nitrogens with two attached hydrogens (primary N) is 1. The van der Waals surface area contributed by atoms with Gasteiger partial charge in [0.25, 0.3) is 0 Å². The van der Waals surface area contributed by atoms with Crippen molar-refractivity contribution in [1.29, 1.82) is 5.41 Å². The Hall–Kier alpha value is -2.11. The quantitative estimate of drug-likeness (QED) is 0.526. The maximum Gasteiger partial charge on any atom is 0.210 e. The van der Waals surface area contributed by atoms with Crippen LogP contribution in [0.2, 0.25) is 10.0 Å². The molecule has 0 bridgehead atoms. The SMILES string of the molecule is C=C(C)C(=N)C(=NCC)C1=C(N)C[C@@H](C)N(C=O)C1.Cc1ccc(Cl)c(Cl)c1. The second-order valence-corrected chi connectivity index (χ2v) is 7.54. The van der Waals surface area contributed by atoms with E-state index in [2.05, 4.69) is 11.6 Å². The number of rotatable bonds is 5. The molecule has 1 aromatic rings. The van der Waals surface area contributed by atoms with Crippen LogP contribution in [-0.2, 0) is 4.79 Å². The van der Waals surface area contributed by atoms with E-state index in [-0.39, 0.29) is 6.04 Å². The molecule has 0 saturated carbocycles. The van der Waals surface area contributed by atoms with Gasteiger partial charge in [0.15, 0.2) is 0 Å². The molecular formula is C21H28Cl2N4O. The lowest BCUT2D eigenvalue weighted by Crippen LogP contribution is -2.42. The van der Waals surface area contributed by atoms with Crippen LogP contribution in [-0.4, -0.2) is 41.9 Å². The van der Waals surface area contributed by atoms with Crippen molar-refractivity contribution in [3.63, 3.8) is 0 Å². The first-order valence-electron chi connectivity index (χ1n) is 9.02. The van der Waals surface area contributed by atoms with Gasteiger partial charge < -0.3 is 10.6 Å². The molecule has 2 rings (SSSR count). The average molecular weight is 423 g/mol. The molecular weight excluding hydrogens is 395 g/mol. The summed E-state index contributed by atoms with van der Waals surface area (Å²) in [6, 6.07) is 5.64. The fourth-order valence-corrected chi connectivity index (χ4v) is 3.01. The first-order valence-corrected chi connectivity index (χ1v) is 9.77. The molecule has 0 saturated heterocycles. The largest absolute Gasteiger partial charge is 0.402 e. The molecule has 0 radical (unpaired) electrons. The third-order valence-electron chi connectivity index (χ3n) is 4.29. The molecule has 1 aliphatic rings. The van der Waals surface area contributed by atoms with Gasteiger partial charge in [0, 0.05) is 36.8 Å². The Balaban J connectivity index is 0.000000362. The third-order valence-corrected chi connectivity index (χ3v) is 5.02. The molecule has 1 aromatic carbocycles. The topological polar surface area (TPSA) is 82.5 Å². The molecule has 28 heavy (non-hydrogen) atoms. The Morgan fingerprint density at radius 1 is 1.43 bits per heavy atom. The van der Waals surface area contributed by atoms with Crippen LogP contribution in [0.5, 0.6) is 0 Å². The number of nitrogens with zero attached hydrogens (tertiary/aromatic N) is 2. The first-order chi connectivity index (χ1) is 13.1. The van der Waals surface area contributed by atoms with Gasteiger partial charge in [0.1, 0.15) is 0 Å². The molecule has 5 nitrogen and oxygen atoms in total. The lowest BCUT2D eigenvalue weighted by molar-refractivity contribution is -0.119. The fourth-order valence-electron chi connectivity index (χ4n) is 2.65. The van der Waals surface area contributed by atoms with Crippen LogP contribution in [0.4, 0.5) is 0 Å². The molecule has 1 atom stereocenters. The third kappa shape index (κ3) is 6.50. The highest BCUT2D eigenvalue weighted by Crippen LogP contribution is 2.22. The lowest BCUT2D eigenvalue weighted by Gasteiger charge is -2.33. The van der Waals surface area contributed by atoms with E-state index in [0.717, 1.165) is 17.5 Å². The van der Waals surface area contributed by atoms with E-state index in [1.807, 2.05) is 32.9 Å². The maximum atomic E-state index is 11.1. The summed E-state index contributed by atoms with van der Waals surface area (Å²) < 4.78 is 0. The zero-order valence-corrected chi connectivity index (χ0v) is 18.4. The van der Waals surface area contributed by atoms with Crippen LogP contribution in [0.25, 0.3) is 0 Å². The molecule has 152 valence electrons. The number of carbonyl (C=O) groups is 1. The van der Waals surface area contributed by atoms with Gasteiger partial charge in [0.05, 0.1) is 21.5 Å². The molecule has 1 heterocycles. The number of halogens is 2. The normalized spacial score (nSPS) is 17.0. The summed E-state index contributed by atoms with van der Waals surface area (Å²) in [5.41, 5.74) is 10.2. The summed E-state index contributed by atoms with van der Waals surface area (Å²) >= 11 is 11.3. The van der Waals surface area contributed by atoms with E-state index in [1.54, 1.807) is 17.9 Å². The number of nitrogens with one attached hydrogen (secondary N) is 1. The fraction of sp³-hybridized carbons (Fsp3) is 0.381. The van der Waals surface area contributed by atoms with Crippen molar-refractivity contribution < 1.29 is 4.79 Å². The van der Waals surface area contributed by atoms with Crippen molar-refractivity contribution in [3.05, 3.63) is 57.2 Å². The van der Waals surface area contributed by atoms with Crippen LogP contribution in [0.3, 0.4) is 0 Å². The summed E-state index contributed by atoms with van der Waals surface area (Å²) in [6.07, 6.45) is 1.44. The summed E-state index contributed by atoms with van der Waals surface area (Å²) in [5.74, 6) is 0. The van der Waals surface area contributed by atoms with E-state index < -0.39 is 0 Å². The van der Waals surface area contributed by atoms with Gasteiger partial charge in [-0.05, 0) is 51.0 Å². The van der Waals surface area contributed by atoms with Gasteiger partial charge in [-0.1, -0.05) is 35.8 Å². The summed E-state index contributed by atoms with van der Waals surface area (Å²) in [7, 11) is 0. The minimum atomic E-state index is 0.0862. The van der Waals surface area contributed by atoms with E-state index >= 15 is 0 Å². The molecule has 0 aliphatic carbocycles. The number of amides is 1. The number of aryl methyl sites for hydroxylation is 1. The lowest BCUT2D eigenvalue weighted by atomic mass is 9.93. The monoisotopic (exact) mass is 422 g/mol. The zero-order valence-electron chi connectivity index (χ0n) is 16.9. The van der Waals surface area contributed by atoms with Crippen molar-refractivity contribution >= 4 is 41.0 Å². The van der Waals surface area contributed by atoms with Gasteiger partial charge in [-0.15, -0.1) is 0 Å². The Bertz CT molecular complexity index is 815. The highest BCUT2D eigenvalue weighted by Gasteiger charge is 2.26. The van der Waals surface area contributed by atoms with Crippen molar-refractivity contribution in [3.8, 4) is 0 Å². The van der Waals surface area contributed by atoms with E-state index in [9.17, 15) is 4.79 Å². The zero-order chi connectivity index (χ0) is 21.4. The van der Waals surface area contributed by atoms with Crippen LogP contribution < -0.4 is 5.73 Å². The Kier molecular flexibility index (Phi) is 9.42. The average Bonchev–Trinajstić information content (AvgIpc) is 2.63. The minimum Gasteiger partial charge on any atom is -0.402 e. The van der Waals surface area contributed by atoms with Crippen LogP contribution in [0.15, 0.2) is 46.6 Å². The molecule has 1 amide bonds. The number of benzene rings is 1. The molecule has 3 N–H and O–H groups in total. The van der Waals surface area contributed by atoms with Crippen LogP contribution in [0.1, 0.15) is 32.8 Å². The number of carbonyl (C=O) groups excluding carboxylic acids is 1. The number of allylic oxidation sites excluding steroid dienone is 1. The second-order valence-electron chi connectivity index (χ2n) is 6.73. The second kappa shape index (κ2) is 11.0. The highest BCUT2D eigenvalue weighted by atomic mass is 35.5. The summed E-state index contributed by atoms with van der Waals surface area (Å²) in [6.45, 7) is 12.4. The molecule has 7 heteroatoms. The standard InChI is InChI=1S/C14H22N4O.C7H6Cl2/c1-5-17-14(13(16)9(2)3)11-7-18(8-19)10(4)6-12(11)15;1-5-2-3-6(8)7(9)4-5/h8,10,16H,2,5-7,15H2,1,3-4H3;2-4H,1H3/t10-;/m1./s1. The van der Waals surface area contributed by atoms with Gasteiger partial charge in [-0.2, -0.15) is 0 Å². The van der Waals surface area contributed by atoms with E-state index in [1.165, 1.54) is 0 Å². The van der Waals surface area contributed by atoms with Gasteiger partial charge >= 0.3 is 0 Å².